The van der Waals surface area contributed by atoms with E-state index in [0.717, 1.165) is 12.8 Å². The van der Waals surface area contributed by atoms with E-state index in [1.54, 1.807) is 11.8 Å². The number of aromatic nitrogens is 4. The van der Waals surface area contributed by atoms with Crippen LogP contribution in [-0.4, -0.2) is 33.9 Å². The van der Waals surface area contributed by atoms with Crippen molar-refractivity contribution in [1.82, 2.24) is 20.2 Å². The van der Waals surface area contributed by atoms with E-state index in [0.29, 0.717) is 11.4 Å². The number of nitrogens with zero attached hydrogens (tertiary/aromatic N) is 3. The van der Waals surface area contributed by atoms with Crippen molar-refractivity contribution in [2.24, 2.45) is 0 Å². The highest BCUT2D eigenvalue weighted by molar-refractivity contribution is 7.71. The summed E-state index contributed by atoms with van der Waals surface area (Å²) in [5.74, 6) is 0. The van der Waals surface area contributed by atoms with E-state index in [-0.39, 0.29) is 6.04 Å². The number of ether oxygens (including phenoxy) is 1. The van der Waals surface area contributed by atoms with E-state index in [1.165, 1.54) is 0 Å². The SMILES string of the molecule is CCCC(COC)n1[nH]nnc1=S. The smallest absolute Gasteiger partial charge is 0.238 e. The van der Waals surface area contributed by atoms with Gasteiger partial charge in [0.25, 0.3) is 0 Å². The van der Waals surface area contributed by atoms with Gasteiger partial charge in [-0.2, -0.15) is 5.21 Å². The van der Waals surface area contributed by atoms with Crippen LogP contribution in [-0.2, 0) is 4.74 Å². The third-order valence-electron chi connectivity index (χ3n) is 1.84. The highest BCUT2D eigenvalue weighted by Crippen LogP contribution is 2.11. The molecule has 1 N–H and O–H groups in total. The van der Waals surface area contributed by atoms with Gasteiger partial charge >= 0.3 is 0 Å². The summed E-state index contributed by atoms with van der Waals surface area (Å²) >= 11 is 4.99. The maximum Gasteiger partial charge on any atom is 0.238 e. The van der Waals surface area contributed by atoms with Crippen LogP contribution in [0.15, 0.2) is 0 Å². The van der Waals surface area contributed by atoms with Crippen molar-refractivity contribution in [2.75, 3.05) is 13.7 Å². The molecule has 1 aromatic heterocycles. The minimum Gasteiger partial charge on any atom is -0.382 e. The molecule has 0 aliphatic carbocycles. The molecule has 0 amide bonds. The van der Waals surface area contributed by atoms with Gasteiger partial charge < -0.3 is 4.74 Å². The molecule has 0 saturated heterocycles. The fourth-order valence-corrected chi connectivity index (χ4v) is 1.49. The van der Waals surface area contributed by atoms with Crippen molar-refractivity contribution >= 4 is 12.2 Å². The number of hydrogen-bond acceptors (Lipinski definition) is 4. The first-order valence-electron chi connectivity index (χ1n) is 4.28. The molecule has 5 nitrogen and oxygen atoms in total. The second kappa shape index (κ2) is 5.08. The Bertz CT molecular complexity index is 289. The average Bonchev–Trinajstić information content (AvgIpc) is 2.51. The summed E-state index contributed by atoms with van der Waals surface area (Å²) < 4.78 is 7.34. The lowest BCUT2D eigenvalue weighted by Gasteiger charge is -2.14. The number of tetrazole rings is 1. The van der Waals surface area contributed by atoms with Crippen molar-refractivity contribution < 1.29 is 4.74 Å². The number of nitrogens with one attached hydrogen (secondary N) is 1. The molecule has 0 aliphatic heterocycles. The normalized spacial score (nSPS) is 13.1. The summed E-state index contributed by atoms with van der Waals surface area (Å²) in [6.45, 7) is 2.75. The number of methoxy groups -OCH3 is 1. The van der Waals surface area contributed by atoms with Crippen LogP contribution in [0, 0.1) is 4.77 Å². The van der Waals surface area contributed by atoms with Crippen LogP contribution >= 0.6 is 12.2 Å². The van der Waals surface area contributed by atoms with Crippen molar-refractivity contribution in [1.29, 1.82) is 0 Å². The highest BCUT2D eigenvalue weighted by Gasteiger charge is 2.11. The van der Waals surface area contributed by atoms with Gasteiger partial charge in [-0.3, -0.25) is 0 Å². The first-order chi connectivity index (χ1) is 6.29. The Morgan fingerprint density at radius 1 is 1.69 bits per heavy atom. The van der Waals surface area contributed by atoms with Gasteiger partial charge in [0.05, 0.1) is 12.6 Å². The number of hydrogen-bond donors (Lipinski definition) is 1. The van der Waals surface area contributed by atoms with Crippen LogP contribution in [0.3, 0.4) is 0 Å². The van der Waals surface area contributed by atoms with Gasteiger partial charge in [-0.25, -0.2) is 4.68 Å². The molecule has 0 radical (unpaired) electrons. The quantitative estimate of drug-likeness (QED) is 0.732. The number of aromatic amines is 1. The topological polar surface area (TPSA) is 55.7 Å². The van der Waals surface area contributed by atoms with Crippen LogP contribution in [0.5, 0.6) is 0 Å². The third-order valence-corrected chi connectivity index (χ3v) is 2.12. The summed E-state index contributed by atoms with van der Waals surface area (Å²) in [5, 5.41) is 10.1. The fourth-order valence-electron chi connectivity index (χ4n) is 1.25. The van der Waals surface area contributed by atoms with Crippen molar-refractivity contribution in [3.63, 3.8) is 0 Å². The van der Waals surface area contributed by atoms with Gasteiger partial charge in [0.1, 0.15) is 0 Å². The molecular formula is C7H14N4OS. The van der Waals surface area contributed by atoms with E-state index in [9.17, 15) is 0 Å². The Kier molecular flexibility index (Phi) is 4.04. The minimum absolute atomic E-state index is 0.220. The monoisotopic (exact) mass is 202 g/mol. The predicted molar refractivity (Wildman–Crippen MR) is 51.0 cm³/mol. The molecule has 0 fully saturated rings. The minimum atomic E-state index is 0.220. The molecular weight excluding hydrogens is 188 g/mol. The molecule has 0 aromatic carbocycles. The van der Waals surface area contributed by atoms with E-state index >= 15 is 0 Å². The Balaban J connectivity index is 2.75. The summed E-state index contributed by atoms with van der Waals surface area (Å²) in [7, 11) is 1.68. The van der Waals surface area contributed by atoms with Gasteiger partial charge in [0.15, 0.2) is 0 Å². The molecule has 0 aliphatic rings. The lowest BCUT2D eigenvalue weighted by molar-refractivity contribution is 0.142. The Morgan fingerprint density at radius 3 is 2.92 bits per heavy atom. The molecule has 0 spiro atoms. The fraction of sp³-hybridized carbons (Fsp3) is 0.857. The predicted octanol–water partition coefficient (Wildman–Crippen LogP) is 1.32. The van der Waals surface area contributed by atoms with E-state index < -0.39 is 0 Å². The van der Waals surface area contributed by atoms with E-state index in [4.69, 9.17) is 17.0 Å². The molecule has 1 unspecified atom stereocenters. The molecule has 13 heavy (non-hydrogen) atoms. The second-order valence-corrected chi connectivity index (χ2v) is 3.22. The van der Waals surface area contributed by atoms with Crippen LogP contribution < -0.4 is 0 Å². The zero-order valence-corrected chi connectivity index (χ0v) is 8.67. The summed E-state index contributed by atoms with van der Waals surface area (Å²) in [6.07, 6.45) is 2.08. The third kappa shape index (κ3) is 2.60. The molecule has 1 rings (SSSR count). The molecule has 1 heterocycles. The Labute approximate surface area is 82.1 Å². The standard InChI is InChI=1S/C7H14N4OS/c1-3-4-6(5-12-2)11-7(13)8-9-10-11/h6H,3-5H2,1-2H3,(H,8,10,13). The van der Waals surface area contributed by atoms with Gasteiger partial charge in [-0.1, -0.05) is 23.7 Å². The first kappa shape index (κ1) is 10.3. The number of rotatable bonds is 5. The van der Waals surface area contributed by atoms with Crippen molar-refractivity contribution in [3.05, 3.63) is 4.77 Å². The highest BCUT2D eigenvalue weighted by atomic mass is 32.1. The summed E-state index contributed by atoms with van der Waals surface area (Å²) in [6, 6.07) is 0.220. The van der Waals surface area contributed by atoms with Gasteiger partial charge in [-0.15, -0.1) is 0 Å². The lowest BCUT2D eigenvalue weighted by Crippen LogP contribution is -2.16. The van der Waals surface area contributed by atoms with Crippen LogP contribution in [0.2, 0.25) is 0 Å². The average molecular weight is 202 g/mol. The molecule has 1 atom stereocenters. The van der Waals surface area contributed by atoms with Crippen molar-refractivity contribution in [3.8, 4) is 0 Å². The van der Waals surface area contributed by atoms with Crippen LogP contribution in [0.25, 0.3) is 0 Å². The Hall–Kier alpha value is -0.750. The molecule has 6 heteroatoms. The largest absolute Gasteiger partial charge is 0.382 e. The van der Waals surface area contributed by atoms with Crippen LogP contribution in [0.4, 0.5) is 0 Å². The Morgan fingerprint density at radius 2 is 2.46 bits per heavy atom. The van der Waals surface area contributed by atoms with Gasteiger partial charge in [0, 0.05) is 7.11 Å². The van der Waals surface area contributed by atoms with E-state index in [1.807, 2.05) is 0 Å². The van der Waals surface area contributed by atoms with E-state index in [2.05, 4.69) is 22.4 Å². The van der Waals surface area contributed by atoms with Gasteiger partial charge in [-0.05, 0) is 18.6 Å². The zero-order chi connectivity index (χ0) is 9.68. The van der Waals surface area contributed by atoms with Crippen molar-refractivity contribution in [2.45, 2.75) is 25.8 Å². The lowest BCUT2D eigenvalue weighted by atomic mass is 10.2. The molecule has 0 saturated carbocycles. The van der Waals surface area contributed by atoms with Crippen LogP contribution in [0.1, 0.15) is 25.8 Å². The maximum absolute atomic E-state index is 5.09. The second-order valence-electron chi connectivity index (χ2n) is 2.85. The van der Waals surface area contributed by atoms with Gasteiger partial charge in [0.2, 0.25) is 4.77 Å². The summed E-state index contributed by atoms with van der Waals surface area (Å²) in [4.78, 5) is 0. The molecule has 1 aromatic rings. The molecule has 74 valence electrons. The zero-order valence-electron chi connectivity index (χ0n) is 7.86. The maximum atomic E-state index is 5.09. The first-order valence-corrected chi connectivity index (χ1v) is 4.69. The number of H-pyrrole nitrogens is 1. The summed E-state index contributed by atoms with van der Waals surface area (Å²) in [5.41, 5.74) is 0. The molecule has 0 bridgehead atoms.